The molecule has 0 aromatic carbocycles. The van der Waals surface area contributed by atoms with Crippen molar-refractivity contribution in [2.75, 3.05) is 0 Å². The van der Waals surface area contributed by atoms with Crippen molar-refractivity contribution in [3.63, 3.8) is 0 Å². The lowest BCUT2D eigenvalue weighted by molar-refractivity contribution is -0.140. The largest absolute Gasteiger partial charge is 0.481 e. The quantitative estimate of drug-likeness (QED) is 0.890. The highest BCUT2D eigenvalue weighted by molar-refractivity contribution is 9.11. The summed E-state index contributed by atoms with van der Waals surface area (Å²) >= 11 is 5.03. The fourth-order valence-electron chi connectivity index (χ4n) is 3.58. The summed E-state index contributed by atoms with van der Waals surface area (Å²) in [7, 11) is 0. The molecule has 0 radical (unpaired) electrons. The standard InChI is InChI=1S/C14H17BrO2S/c15-12-7-6-11(18-12)14(13(16)17)8-10(14)9-4-2-1-3-5-9/h6-7,9-10H,1-5,8H2,(H,16,17). The third kappa shape index (κ3) is 1.94. The Hall–Kier alpha value is -0.350. The molecule has 0 saturated heterocycles. The van der Waals surface area contributed by atoms with E-state index >= 15 is 0 Å². The molecule has 1 aromatic heterocycles. The highest BCUT2D eigenvalue weighted by Crippen LogP contribution is 2.62. The number of aliphatic carboxylic acids is 1. The lowest BCUT2D eigenvalue weighted by Crippen LogP contribution is -2.25. The summed E-state index contributed by atoms with van der Waals surface area (Å²) in [5.74, 6) is 0.393. The van der Waals surface area contributed by atoms with Gasteiger partial charge in [-0.05, 0) is 46.3 Å². The van der Waals surface area contributed by atoms with E-state index in [1.165, 1.54) is 32.1 Å². The first-order valence-electron chi connectivity index (χ1n) is 6.64. The molecule has 2 saturated carbocycles. The first kappa shape index (κ1) is 12.7. The number of halogens is 1. The summed E-state index contributed by atoms with van der Waals surface area (Å²) in [6, 6.07) is 3.96. The van der Waals surface area contributed by atoms with Gasteiger partial charge in [0.2, 0.25) is 0 Å². The van der Waals surface area contributed by atoms with E-state index in [9.17, 15) is 9.90 Å². The van der Waals surface area contributed by atoms with Gasteiger partial charge in [0, 0.05) is 4.88 Å². The third-order valence-electron chi connectivity index (χ3n) is 4.63. The van der Waals surface area contributed by atoms with Crippen LogP contribution in [-0.2, 0) is 10.2 Å². The van der Waals surface area contributed by atoms with Crippen LogP contribution in [0.25, 0.3) is 0 Å². The van der Waals surface area contributed by atoms with Crippen molar-refractivity contribution in [1.82, 2.24) is 0 Å². The maximum absolute atomic E-state index is 11.7. The van der Waals surface area contributed by atoms with E-state index in [0.29, 0.717) is 11.8 Å². The molecule has 0 aliphatic heterocycles. The van der Waals surface area contributed by atoms with Crippen LogP contribution in [-0.4, -0.2) is 11.1 Å². The van der Waals surface area contributed by atoms with E-state index in [0.717, 1.165) is 15.1 Å². The second-order valence-corrected chi connectivity index (χ2v) is 8.05. The van der Waals surface area contributed by atoms with E-state index in [4.69, 9.17) is 0 Å². The van der Waals surface area contributed by atoms with Crippen LogP contribution in [0.1, 0.15) is 43.4 Å². The van der Waals surface area contributed by atoms with Gasteiger partial charge in [0.1, 0.15) is 5.41 Å². The molecule has 2 aliphatic rings. The molecule has 2 unspecified atom stereocenters. The molecular formula is C14H17BrO2S. The van der Waals surface area contributed by atoms with Gasteiger partial charge >= 0.3 is 5.97 Å². The second-order valence-electron chi connectivity index (χ2n) is 5.59. The lowest BCUT2D eigenvalue weighted by Gasteiger charge is -2.23. The number of carbonyl (C=O) groups is 1. The average Bonchev–Trinajstić information content (AvgIpc) is 3.00. The zero-order chi connectivity index (χ0) is 12.8. The van der Waals surface area contributed by atoms with Gasteiger partial charge in [-0.2, -0.15) is 0 Å². The Morgan fingerprint density at radius 2 is 2.06 bits per heavy atom. The van der Waals surface area contributed by atoms with E-state index in [1.54, 1.807) is 11.3 Å². The lowest BCUT2D eigenvalue weighted by atomic mass is 9.82. The molecule has 3 rings (SSSR count). The number of hydrogen-bond acceptors (Lipinski definition) is 2. The SMILES string of the molecule is O=C(O)C1(c2ccc(Br)s2)CC1C1CCCCC1. The fraction of sp³-hybridized carbons (Fsp3) is 0.643. The highest BCUT2D eigenvalue weighted by Gasteiger charge is 2.64. The van der Waals surface area contributed by atoms with E-state index in [2.05, 4.69) is 15.9 Å². The molecule has 98 valence electrons. The Balaban J connectivity index is 1.85. The van der Waals surface area contributed by atoms with Gasteiger partial charge < -0.3 is 5.11 Å². The van der Waals surface area contributed by atoms with Gasteiger partial charge in [0.15, 0.2) is 0 Å². The molecule has 1 N–H and O–H groups in total. The Labute approximate surface area is 120 Å². The summed E-state index contributed by atoms with van der Waals surface area (Å²) < 4.78 is 1.03. The smallest absolute Gasteiger partial charge is 0.315 e. The minimum atomic E-state index is -0.618. The van der Waals surface area contributed by atoms with Crippen LogP contribution in [0.4, 0.5) is 0 Å². The molecule has 2 nitrogen and oxygen atoms in total. The van der Waals surface area contributed by atoms with Crippen molar-refractivity contribution < 1.29 is 9.90 Å². The first-order chi connectivity index (χ1) is 8.64. The van der Waals surface area contributed by atoms with Crippen molar-refractivity contribution in [2.24, 2.45) is 11.8 Å². The average molecular weight is 329 g/mol. The number of thiophene rings is 1. The van der Waals surface area contributed by atoms with Crippen molar-refractivity contribution in [1.29, 1.82) is 0 Å². The summed E-state index contributed by atoms with van der Waals surface area (Å²) in [6.45, 7) is 0. The van der Waals surface area contributed by atoms with Crippen LogP contribution < -0.4 is 0 Å². The number of carboxylic acids is 1. The van der Waals surface area contributed by atoms with Crippen LogP contribution in [0.5, 0.6) is 0 Å². The van der Waals surface area contributed by atoms with Crippen molar-refractivity contribution >= 4 is 33.2 Å². The number of rotatable bonds is 3. The van der Waals surface area contributed by atoms with E-state index in [1.807, 2.05) is 12.1 Å². The molecule has 2 atom stereocenters. The molecule has 1 heterocycles. The minimum Gasteiger partial charge on any atom is -0.481 e. The zero-order valence-electron chi connectivity index (χ0n) is 10.2. The minimum absolute atomic E-state index is 0.376. The molecule has 4 heteroatoms. The van der Waals surface area contributed by atoms with Crippen LogP contribution in [0.3, 0.4) is 0 Å². The molecule has 2 fully saturated rings. The third-order valence-corrected chi connectivity index (χ3v) is 6.43. The van der Waals surface area contributed by atoms with E-state index in [-0.39, 0.29) is 0 Å². The van der Waals surface area contributed by atoms with Gasteiger partial charge in [-0.1, -0.05) is 32.1 Å². The Morgan fingerprint density at radius 1 is 1.33 bits per heavy atom. The number of hydrogen-bond donors (Lipinski definition) is 1. The van der Waals surface area contributed by atoms with E-state index < -0.39 is 11.4 Å². The Kier molecular flexibility index (Phi) is 3.27. The van der Waals surface area contributed by atoms with Gasteiger partial charge in [-0.3, -0.25) is 4.79 Å². The summed E-state index contributed by atoms with van der Waals surface area (Å²) in [5, 5.41) is 9.66. The molecule has 2 aliphatic carbocycles. The molecule has 0 spiro atoms. The molecule has 18 heavy (non-hydrogen) atoms. The Bertz CT molecular complexity index is 464. The first-order valence-corrected chi connectivity index (χ1v) is 8.25. The van der Waals surface area contributed by atoms with Crippen LogP contribution in [0, 0.1) is 11.8 Å². The fourth-order valence-corrected chi connectivity index (χ4v) is 5.22. The van der Waals surface area contributed by atoms with Crippen LogP contribution in [0.15, 0.2) is 15.9 Å². The van der Waals surface area contributed by atoms with Gasteiger partial charge in [-0.25, -0.2) is 0 Å². The predicted molar refractivity (Wildman–Crippen MR) is 76.0 cm³/mol. The molecule has 0 amide bonds. The second kappa shape index (κ2) is 4.64. The van der Waals surface area contributed by atoms with Crippen LogP contribution in [0.2, 0.25) is 0 Å². The topological polar surface area (TPSA) is 37.3 Å². The van der Waals surface area contributed by atoms with Gasteiger partial charge in [0.25, 0.3) is 0 Å². The van der Waals surface area contributed by atoms with Gasteiger partial charge in [0.05, 0.1) is 3.79 Å². The monoisotopic (exact) mass is 328 g/mol. The zero-order valence-corrected chi connectivity index (χ0v) is 12.6. The normalized spacial score (nSPS) is 32.4. The van der Waals surface area contributed by atoms with Crippen molar-refractivity contribution in [3.8, 4) is 0 Å². The summed E-state index contributed by atoms with van der Waals surface area (Å²) in [4.78, 5) is 12.8. The maximum atomic E-state index is 11.7. The highest BCUT2D eigenvalue weighted by atomic mass is 79.9. The maximum Gasteiger partial charge on any atom is 0.315 e. The van der Waals surface area contributed by atoms with Crippen LogP contribution >= 0.6 is 27.3 Å². The van der Waals surface area contributed by atoms with Crippen molar-refractivity contribution in [2.45, 2.75) is 43.9 Å². The molecule has 1 aromatic rings. The predicted octanol–water partition coefficient (Wildman–Crippen LogP) is 4.43. The van der Waals surface area contributed by atoms with Gasteiger partial charge in [-0.15, -0.1) is 11.3 Å². The van der Waals surface area contributed by atoms with Crippen molar-refractivity contribution in [3.05, 3.63) is 20.8 Å². The summed E-state index contributed by atoms with van der Waals surface area (Å²) in [5.41, 5.74) is -0.557. The Morgan fingerprint density at radius 3 is 2.61 bits per heavy atom. The molecular weight excluding hydrogens is 312 g/mol. The molecule has 0 bridgehead atoms. The number of carboxylic acid groups (broad SMARTS) is 1. The summed E-state index contributed by atoms with van der Waals surface area (Å²) in [6.07, 6.45) is 7.20.